The summed E-state index contributed by atoms with van der Waals surface area (Å²) in [4.78, 5) is 4.47. The van der Waals surface area contributed by atoms with Crippen LogP contribution >= 0.6 is 0 Å². The van der Waals surface area contributed by atoms with Crippen molar-refractivity contribution < 1.29 is 9.63 Å². The van der Waals surface area contributed by atoms with Gasteiger partial charge in [0.05, 0.1) is 12.5 Å². The Bertz CT molecular complexity index is 400. The maximum Gasteiger partial charge on any atom is 0.229 e. The van der Waals surface area contributed by atoms with Crippen LogP contribution in [-0.2, 0) is 6.42 Å². The van der Waals surface area contributed by atoms with Crippen LogP contribution in [0.2, 0.25) is 0 Å². The quantitative estimate of drug-likeness (QED) is 0.872. The van der Waals surface area contributed by atoms with Crippen molar-refractivity contribution in [3.8, 4) is 0 Å². The molecule has 4 nitrogen and oxygen atoms in total. The SMILES string of the molecule is CCC1CCC(c2noc(CC(O)C3CC3)n2)C1. The number of nitrogens with zero attached hydrogens (tertiary/aromatic N) is 2. The molecule has 3 unspecified atom stereocenters. The second kappa shape index (κ2) is 5.00. The molecule has 18 heavy (non-hydrogen) atoms. The van der Waals surface area contributed by atoms with E-state index in [0.717, 1.165) is 24.6 Å². The molecule has 1 aromatic heterocycles. The molecule has 0 spiro atoms. The Morgan fingerprint density at radius 1 is 1.33 bits per heavy atom. The summed E-state index contributed by atoms with van der Waals surface area (Å²) in [6.45, 7) is 2.25. The van der Waals surface area contributed by atoms with Gasteiger partial charge in [0.25, 0.3) is 0 Å². The van der Waals surface area contributed by atoms with E-state index in [1.165, 1.54) is 25.7 Å². The van der Waals surface area contributed by atoms with Crippen molar-refractivity contribution in [1.82, 2.24) is 10.1 Å². The molecule has 1 aromatic rings. The number of rotatable bonds is 5. The average Bonchev–Trinajstić information content (AvgIpc) is 2.95. The van der Waals surface area contributed by atoms with Gasteiger partial charge in [-0.2, -0.15) is 4.98 Å². The minimum Gasteiger partial charge on any atom is -0.392 e. The van der Waals surface area contributed by atoms with E-state index in [4.69, 9.17) is 4.52 Å². The van der Waals surface area contributed by atoms with Crippen LogP contribution in [0.4, 0.5) is 0 Å². The largest absolute Gasteiger partial charge is 0.392 e. The molecular formula is C14H22N2O2. The fraction of sp³-hybridized carbons (Fsp3) is 0.857. The Labute approximate surface area is 108 Å². The Morgan fingerprint density at radius 2 is 2.17 bits per heavy atom. The highest BCUT2D eigenvalue weighted by molar-refractivity contribution is 5.00. The van der Waals surface area contributed by atoms with Gasteiger partial charge in [-0.1, -0.05) is 18.5 Å². The van der Waals surface area contributed by atoms with Crippen LogP contribution in [0.25, 0.3) is 0 Å². The number of aliphatic hydroxyl groups is 1. The highest BCUT2D eigenvalue weighted by atomic mass is 16.5. The van der Waals surface area contributed by atoms with Crippen molar-refractivity contribution in [2.45, 2.75) is 63.9 Å². The van der Waals surface area contributed by atoms with Crippen LogP contribution in [0.1, 0.15) is 63.1 Å². The van der Waals surface area contributed by atoms with E-state index in [1.807, 2.05) is 0 Å². The Balaban J connectivity index is 1.59. The zero-order valence-corrected chi connectivity index (χ0v) is 11.0. The number of aliphatic hydroxyl groups excluding tert-OH is 1. The maximum atomic E-state index is 9.87. The summed E-state index contributed by atoms with van der Waals surface area (Å²) < 4.78 is 5.27. The molecule has 0 radical (unpaired) electrons. The van der Waals surface area contributed by atoms with Crippen molar-refractivity contribution in [2.75, 3.05) is 0 Å². The fourth-order valence-corrected chi connectivity index (χ4v) is 3.02. The second-order valence-electron chi connectivity index (χ2n) is 5.94. The van der Waals surface area contributed by atoms with Gasteiger partial charge in [-0.25, -0.2) is 0 Å². The summed E-state index contributed by atoms with van der Waals surface area (Å²) >= 11 is 0. The monoisotopic (exact) mass is 250 g/mol. The van der Waals surface area contributed by atoms with Crippen LogP contribution in [0, 0.1) is 11.8 Å². The van der Waals surface area contributed by atoms with Gasteiger partial charge in [-0.15, -0.1) is 0 Å². The highest BCUT2D eigenvalue weighted by Gasteiger charge is 2.32. The van der Waals surface area contributed by atoms with Gasteiger partial charge >= 0.3 is 0 Å². The first-order valence-corrected chi connectivity index (χ1v) is 7.26. The summed E-state index contributed by atoms with van der Waals surface area (Å²) in [7, 11) is 0. The normalized spacial score (nSPS) is 29.7. The second-order valence-corrected chi connectivity index (χ2v) is 5.94. The molecule has 3 rings (SSSR count). The van der Waals surface area contributed by atoms with Crippen LogP contribution in [-0.4, -0.2) is 21.4 Å². The van der Waals surface area contributed by atoms with Gasteiger partial charge in [0.15, 0.2) is 5.82 Å². The lowest BCUT2D eigenvalue weighted by molar-refractivity contribution is 0.140. The molecule has 2 aliphatic rings. The molecule has 1 heterocycles. The van der Waals surface area contributed by atoms with Crippen molar-refractivity contribution in [3.05, 3.63) is 11.7 Å². The molecule has 0 bridgehead atoms. The van der Waals surface area contributed by atoms with Crippen LogP contribution in [0.15, 0.2) is 4.52 Å². The van der Waals surface area contributed by atoms with Gasteiger partial charge in [0.1, 0.15) is 0 Å². The summed E-state index contributed by atoms with van der Waals surface area (Å²) in [5, 5.41) is 14.0. The smallest absolute Gasteiger partial charge is 0.229 e. The minimum absolute atomic E-state index is 0.287. The molecule has 0 aromatic carbocycles. The van der Waals surface area contributed by atoms with Crippen molar-refractivity contribution in [1.29, 1.82) is 0 Å². The molecular weight excluding hydrogens is 228 g/mol. The summed E-state index contributed by atoms with van der Waals surface area (Å²) in [6.07, 6.45) is 7.44. The first-order chi connectivity index (χ1) is 8.76. The molecule has 0 amide bonds. The number of aromatic nitrogens is 2. The predicted molar refractivity (Wildman–Crippen MR) is 67.1 cm³/mol. The molecule has 3 atom stereocenters. The molecule has 2 fully saturated rings. The van der Waals surface area contributed by atoms with E-state index in [-0.39, 0.29) is 6.10 Å². The lowest BCUT2D eigenvalue weighted by atomic mass is 10.0. The van der Waals surface area contributed by atoms with Gasteiger partial charge in [0.2, 0.25) is 5.89 Å². The molecule has 1 N–H and O–H groups in total. The average molecular weight is 250 g/mol. The molecule has 2 aliphatic carbocycles. The van der Waals surface area contributed by atoms with E-state index in [2.05, 4.69) is 17.1 Å². The standard InChI is InChI=1S/C14H22N2O2/c1-2-9-3-4-11(7-9)14-15-13(18-16-14)8-12(17)10-5-6-10/h9-12,17H,2-8H2,1H3. The number of hydrogen-bond acceptors (Lipinski definition) is 4. The van der Waals surface area contributed by atoms with E-state index in [9.17, 15) is 5.11 Å². The fourth-order valence-electron chi connectivity index (χ4n) is 3.02. The van der Waals surface area contributed by atoms with Crippen molar-refractivity contribution >= 4 is 0 Å². The zero-order valence-electron chi connectivity index (χ0n) is 11.0. The summed E-state index contributed by atoms with van der Waals surface area (Å²) in [5.74, 6) is 3.25. The summed E-state index contributed by atoms with van der Waals surface area (Å²) in [6, 6.07) is 0. The lowest BCUT2D eigenvalue weighted by Crippen LogP contribution is -2.13. The minimum atomic E-state index is -0.287. The predicted octanol–water partition coefficient (Wildman–Crippen LogP) is 2.68. The Hall–Kier alpha value is -0.900. The lowest BCUT2D eigenvalue weighted by Gasteiger charge is -2.05. The van der Waals surface area contributed by atoms with Crippen molar-refractivity contribution in [2.24, 2.45) is 11.8 Å². The van der Waals surface area contributed by atoms with Gasteiger partial charge in [-0.05, 0) is 43.9 Å². The van der Waals surface area contributed by atoms with Crippen LogP contribution < -0.4 is 0 Å². The third-order valence-corrected chi connectivity index (χ3v) is 4.52. The molecule has 2 saturated carbocycles. The zero-order chi connectivity index (χ0) is 12.5. The molecule has 4 heteroatoms. The van der Waals surface area contributed by atoms with Crippen LogP contribution in [0.5, 0.6) is 0 Å². The maximum absolute atomic E-state index is 9.87. The molecule has 0 aliphatic heterocycles. The highest BCUT2D eigenvalue weighted by Crippen LogP contribution is 2.38. The number of hydrogen-bond donors (Lipinski definition) is 1. The van der Waals surface area contributed by atoms with Gasteiger partial charge in [0, 0.05) is 5.92 Å². The van der Waals surface area contributed by atoms with Gasteiger partial charge < -0.3 is 9.63 Å². The Morgan fingerprint density at radius 3 is 2.83 bits per heavy atom. The Kier molecular flexibility index (Phi) is 3.37. The first kappa shape index (κ1) is 12.2. The third kappa shape index (κ3) is 2.58. The molecule has 0 saturated heterocycles. The van der Waals surface area contributed by atoms with Crippen LogP contribution in [0.3, 0.4) is 0 Å². The van der Waals surface area contributed by atoms with Gasteiger partial charge in [-0.3, -0.25) is 0 Å². The molecule has 100 valence electrons. The van der Waals surface area contributed by atoms with Crippen molar-refractivity contribution in [3.63, 3.8) is 0 Å². The summed E-state index contributed by atoms with van der Waals surface area (Å²) in [5.41, 5.74) is 0. The van der Waals surface area contributed by atoms with E-state index in [1.54, 1.807) is 0 Å². The first-order valence-electron chi connectivity index (χ1n) is 7.26. The van der Waals surface area contributed by atoms with E-state index >= 15 is 0 Å². The van der Waals surface area contributed by atoms with E-state index < -0.39 is 0 Å². The van der Waals surface area contributed by atoms with E-state index in [0.29, 0.717) is 24.1 Å². The third-order valence-electron chi connectivity index (χ3n) is 4.52. The topological polar surface area (TPSA) is 59.2 Å².